The minimum atomic E-state index is -0.106. The highest BCUT2D eigenvalue weighted by molar-refractivity contribution is 5.72. The summed E-state index contributed by atoms with van der Waals surface area (Å²) in [4.78, 5) is 11.0. The van der Waals surface area contributed by atoms with Crippen LogP contribution in [0.1, 0.15) is 27.2 Å². The average molecular weight is 156 g/mol. The van der Waals surface area contributed by atoms with Crippen LogP contribution < -0.4 is 0 Å². The van der Waals surface area contributed by atoms with Gasteiger partial charge < -0.3 is 4.74 Å². The van der Waals surface area contributed by atoms with Gasteiger partial charge in [0, 0.05) is 0 Å². The van der Waals surface area contributed by atoms with Crippen molar-refractivity contribution in [3.8, 4) is 0 Å². The SMILES string of the molecule is CC=CCC(C)C(=O)OCC. The molecule has 0 fully saturated rings. The number of carbonyl (C=O) groups is 1. The van der Waals surface area contributed by atoms with E-state index < -0.39 is 0 Å². The van der Waals surface area contributed by atoms with Crippen LogP contribution >= 0.6 is 0 Å². The topological polar surface area (TPSA) is 26.3 Å². The molecule has 0 amide bonds. The molecule has 0 rings (SSSR count). The molecule has 0 radical (unpaired) electrons. The van der Waals surface area contributed by atoms with E-state index in [2.05, 4.69) is 0 Å². The van der Waals surface area contributed by atoms with Gasteiger partial charge in [-0.3, -0.25) is 4.79 Å². The molecule has 0 aromatic heterocycles. The minimum Gasteiger partial charge on any atom is -0.466 e. The van der Waals surface area contributed by atoms with E-state index in [-0.39, 0.29) is 11.9 Å². The highest BCUT2D eigenvalue weighted by atomic mass is 16.5. The van der Waals surface area contributed by atoms with E-state index in [4.69, 9.17) is 4.74 Å². The number of hydrogen-bond acceptors (Lipinski definition) is 2. The molecule has 0 aliphatic rings. The van der Waals surface area contributed by atoms with E-state index in [1.54, 1.807) is 0 Å². The first-order valence-electron chi connectivity index (χ1n) is 4.00. The fraction of sp³-hybridized carbons (Fsp3) is 0.667. The molecule has 0 bridgehead atoms. The number of allylic oxidation sites excluding steroid dienone is 2. The summed E-state index contributed by atoms with van der Waals surface area (Å²) in [5, 5.41) is 0. The fourth-order valence-corrected chi connectivity index (χ4v) is 0.721. The Bertz CT molecular complexity index is 138. The summed E-state index contributed by atoms with van der Waals surface area (Å²) >= 11 is 0. The molecule has 0 heterocycles. The molecule has 0 saturated carbocycles. The molecule has 0 aromatic carbocycles. The van der Waals surface area contributed by atoms with Crippen molar-refractivity contribution in [2.24, 2.45) is 5.92 Å². The molecule has 2 nitrogen and oxygen atoms in total. The number of ether oxygens (including phenoxy) is 1. The Morgan fingerprint density at radius 3 is 2.73 bits per heavy atom. The Labute approximate surface area is 68.2 Å². The molecule has 0 spiro atoms. The van der Waals surface area contributed by atoms with Gasteiger partial charge in [0.1, 0.15) is 0 Å². The maximum atomic E-state index is 11.0. The van der Waals surface area contributed by atoms with E-state index in [1.165, 1.54) is 0 Å². The lowest BCUT2D eigenvalue weighted by molar-refractivity contribution is -0.147. The summed E-state index contributed by atoms with van der Waals surface area (Å²) in [5.41, 5.74) is 0. The monoisotopic (exact) mass is 156 g/mol. The molecule has 0 saturated heterocycles. The molecule has 2 heteroatoms. The first-order valence-corrected chi connectivity index (χ1v) is 4.00. The zero-order valence-electron chi connectivity index (χ0n) is 7.46. The Morgan fingerprint density at radius 2 is 2.27 bits per heavy atom. The molecule has 1 atom stereocenters. The van der Waals surface area contributed by atoms with Gasteiger partial charge in [0.15, 0.2) is 0 Å². The van der Waals surface area contributed by atoms with Gasteiger partial charge >= 0.3 is 5.97 Å². The molecule has 64 valence electrons. The van der Waals surface area contributed by atoms with Gasteiger partial charge in [-0.1, -0.05) is 19.1 Å². The van der Waals surface area contributed by atoms with Gasteiger partial charge in [-0.15, -0.1) is 0 Å². The highest BCUT2D eigenvalue weighted by Gasteiger charge is 2.10. The molecule has 0 aliphatic carbocycles. The van der Waals surface area contributed by atoms with Crippen molar-refractivity contribution < 1.29 is 9.53 Å². The Morgan fingerprint density at radius 1 is 1.64 bits per heavy atom. The van der Waals surface area contributed by atoms with E-state index in [0.717, 1.165) is 6.42 Å². The lowest BCUT2D eigenvalue weighted by Gasteiger charge is -2.06. The summed E-state index contributed by atoms with van der Waals surface area (Å²) in [6.07, 6.45) is 4.69. The quantitative estimate of drug-likeness (QED) is 0.460. The van der Waals surface area contributed by atoms with Gasteiger partial charge in [0.25, 0.3) is 0 Å². The maximum Gasteiger partial charge on any atom is 0.308 e. The zero-order valence-corrected chi connectivity index (χ0v) is 7.46. The lowest BCUT2D eigenvalue weighted by atomic mass is 10.1. The molecule has 0 N–H and O–H groups in total. The van der Waals surface area contributed by atoms with Crippen LogP contribution in [-0.2, 0) is 9.53 Å². The normalized spacial score (nSPS) is 13.4. The third kappa shape index (κ3) is 4.59. The number of rotatable bonds is 4. The second-order valence-corrected chi connectivity index (χ2v) is 2.46. The molecule has 0 aliphatic heterocycles. The predicted octanol–water partition coefficient (Wildman–Crippen LogP) is 2.15. The van der Waals surface area contributed by atoms with Crippen LogP contribution in [0.2, 0.25) is 0 Å². The smallest absolute Gasteiger partial charge is 0.308 e. The van der Waals surface area contributed by atoms with E-state index in [1.807, 2.05) is 32.9 Å². The molecular weight excluding hydrogens is 140 g/mol. The van der Waals surface area contributed by atoms with Crippen LogP contribution in [0, 0.1) is 5.92 Å². The van der Waals surface area contributed by atoms with Crippen LogP contribution in [0.15, 0.2) is 12.2 Å². The van der Waals surface area contributed by atoms with Crippen LogP contribution in [0.25, 0.3) is 0 Å². The van der Waals surface area contributed by atoms with Gasteiger partial charge in [-0.25, -0.2) is 0 Å². The highest BCUT2D eigenvalue weighted by Crippen LogP contribution is 2.04. The second kappa shape index (κ2) is 5.96. The van der Waals surface area contributed by atoms with Crippen molar-refractivity contribution in [1.82, 2.24) is 0 Å². The summed E-state index contributed by atoms with van der Waals surface area (Å²) < 4.78 is 4.83. The van der Waals surface area contributed by atoms with E-state index >= 15 is 0 Å². The second-order valence-electron chi connectivity index (χ2n) is 2.46. The van der Waals surface area contributed by atoms with Crippen molar-refractivity contribution in [2.75, 3.05) is 6.61 Å². The third-order valence-corrected chi connectivity index (χ3v) is 1.41. The molecule has 11 heavy (non-hydrogen) atoms. The molecular formula is C9H16O2. The van der Waals surface area contributed by atoms with Crippen LogP contribution in [0.5, 0.6) is 0 Å². The zero-order chi connectivity index (χ0) is 8.69. The van der Waals surface area contributed by atoms with Gasteiger partial charge in [0.05, 0.1) is 12.5 Å². The largest absolute Gasteiger partial charge is 0.466 e. The standard InChI is InChI=1S/C9H16O2/c1-4-6-7-8(3)9(10)11-5-2/h4,6,8H,5,7H2,1-3H3. The van der Waals surface area contributed by atoms with Crippen molar-refractivity contribution in [1.29, 1.82) is 0 Å². The van der Waals surface area contributed by atoms with E-state index in [9.17, 15) is 4.79 Å². The molecule has 1 unspecified atom stereocenters. The fourth-order valence-electron chi connectivity index (χ4n) is 0.721. The average Bonchev–Trinajstić information content (AvgIpc) is 2.00. The summed E-state index contributed by atoms with van der Waals surface area (Å²) in [6, 6.07) is 0. The van der Waals surface area contributed by atoms with Gasteiger partial charge in [0.2, 0.25) is 0 Å². The number of hydrogen-bond donors (Lipinski definition) is 0. The first kappa shape index (κ1) is 10.2. The summed E-state index contributed by atoms with van der Waals surface area (Å²) in [7, 11) is 0. The van der Waals surface area contributed by atoms with Crippen molar-refractivity contribution in [2.45, 2.75) is 27.2 Å². The van der Waals surface area contributed by atoms with Crippen LogP contribution in [0.4, 0.5) is 0 Å². The Kier molecular flexibility index (Phi) is 5.53. The maximum absolute atomic E-state index is 11.0. The van der Waals surface area contributed by atoms with Crippen LogP contribution in [-0.4, -0.2) is 12.6 Å². The van der Waals surface area contributed by atoms with Crippen molar-refractivity contribution >= 4 is 5.97 Å². The van der Waals surface area contributed by atoms with Gasteiger partial charge in [-0.05, 0) is 20.3 Å². The minimum absolute atomic E-state index is 0.00819. The Balaban J connectivity index is 3.63. The number of esters is 1. The first-order chi connectivity index (χ1) is 5.22. The summed E-state index contributed by atoms with van der Waals surface area (Å²) in [5.74, 6) is -0.114. The Hall–Kier alpha value is -0.790. The van der Waals surface area contributed by atoms with E-state index in [0.29, 0.717) is 6.61 Å². The van der Waals surface area contributed by atoms with Crippen molar-refractivity contribution in [3.63, 3.8) is 0 Å². The molecule has 0 aromatic rings. The predicted molar refractivity (Wildman–Crippen MR) is 45.2 cm³/mol. The van der Waals surface area contributed by atoms with Crippen LogP contribution in [0.3, 0.4) is 0 Å². The lowest BCUT2D eigenvalue weighted by Crippen LogP contribution is -2.13. The third-order valence-electron chi connectivity index (χ3n) is 1.41. The van der Waals surface area contributed by atoms with Gasteiger partial charge in [-0.2, -0.15) is 0 Å². The summed E-state index contributed by atoms with van der Waals surface area (Å²) in [6.45, 7) is 6.11. The number of carbonyl (C=O) groups excluding carboxylic acids is 1. The van der Waals surface area contributed by atoms with Crippen molar-refractivity contribution in [3.05, 3.63) is 12.2 Å².